The molecule has 2 heterocycles. The summed E-state index contributed by atoms with van der Waals surface area (Å²) in [5.74, 6) is 2.86. The zero-order chi connectivity index (χ0) is 17.6. The van der Waals surface area contributed by atoms with E-state index in [9.17, 15) is 8.42 Å². The van der Waals surface area contributed by atoms with Crippen LogP contribution in [0.5, 0.6) is 0 Å². The van der Waals surface area contributed by atoms with Crippen molar-refractivity contribution in [2.75, 3.05) is 44.7 Å². The maximum atomic E-state index is 11.5. The van der Waals surface area contributed by atoms with Gasteiger partial charge in [0.25, 0.3) is 0 Å². The molecule has 3 atom stereocenters. The Morgan fingerprint density at radius 2 is 1.88 bits per heavy atom. The van der Waals surface area contributed by atoms with Crippen molar-refractivity contribution in [2.45, 2.75) is 45.6 Å². The second-order valence-corrected chi connectivity index (χ2v) is 9.88. The van der Waals surface area contributed by atoms with Crippen LogP contribution in [-0.4, -0.2) is 70.1 Å². The molecule has 0 aromatic carbocycles. The standard InChI is InChI=1S/C17H34N4O2S.HI/c1-14-10-15(2)12-21(11-14)8-5-4-7-19-17(18-3)20-16-6-9-24(22,23)13-16;/h14-16H,4-13H2,1-3H3,(H2,18,19,20);1H. The molecule has 0 spiro atoms. The van der Waals surface area contributed by atoms with Gasteiger partial charge in [0.2, 0.25) is 0 Å². The first-order chi connectivity index (χ1) is 11.4. The number of nitrogens with zero attached hydrogens (tertiary/aromatic N) is 2. The molecule has 2 rings (SSSR count). The van der Waals surface area contributed by atoms with E-state index in [0.29, 0.717) is 6.42 Å². The minimum absolute atomic E-state index is 0. The van der Waals surface area contributed by atoms with Gasteiger partial charge in [-0.15, -0.1) is 24.0 Å². The maximum absolute atomic E-state index is 11.5. The van der Waals surface area contributed by atoms with Gasteiger partial charge in [0.1, 0.15) is 0 Å². The molecule has 0 aromatic rings. The molecule has 0 bridgehead atoms. The van der Waals surface area contributed by atoms with Gasteiger partial charge in [-0.2, -0.15) is 0 Å². The number of hydrogen-bond donors (Lipinski definition) is 2. The van der Waals surface area contributed by atoms with Crippen LogP contribution in [0.25, 0.3) is 0 Å². The highest BCUT2D eigenvalue weighted by Crippen LogP contribution is 2.20. The Hall–Kier alpha value is -0.0900. The Bertz CT molecular complexity index is 517. The summed E-state index contributed by atoms with van der Waals surface area (Å²) in [5.41, 5.74) is 0. The number of guanidine groups is 1. The molecule has 25 heavy (non-hydrogen) atoms. The summed E-state index contributed by atoms with van der Waals surface area (Å²) in [6.07, 6.45) is 4.31. The van der Waals surface area contributed by atoms with Gasteiger partial charge < -0.3 is 15.5 Å². The molecule has 8 heteroatoms. The first-order valence-electron chi connectivity index (χ1n) is 9.28. The Balaban J connectivity index is 0.00000312. The lowest BCUT2D eigenvalue weighted by molar-refractivity contribution is 0.139. The van der Waals surface area contributed by atoms with Crippen LogP contribution in [0.2, 0.25) is 0 Å². The number of likely N-dealkylation sites (tertiary alicyclic amines) is 1. The maximum Gasteiger partial charge on any atom is 0.191 e. The van der Waals surface area contributed by atoms with E-state index < -0.39 is 9.84 Å². The van der Waals surface area contributed by atoms with Crippen molar-refractivity contribution in [3.8, 4) is 0 Å². The quantitative estimate of drug-likeness (QED) is 0.259. The monoisotopic (exact) mass is 486 g/mol. The fourth-order valence-corrected chi connectivity index (χ4v) is 5.61. The number of piperidine rings is 1. The summed E-state index contributed by atoms with van der Waals surface area (Å²) < 4.78 is 23.0. The highest BCUT2D eigenvalue weighted by atomic mass is 127. The van der Waals surface area contributed by atoms with E-state index in [1.54, 1.807) is 7.05 Å². The predicted octanol–water partition coefficient (Wildman–Crippen LogP) is 1.71. The van der Waals surface area contributed by atoms with Gasteiger partial charge in [0.15, 0.2) is 15.8 Å². The van der Waals surface area contributed by atoms with Crippen LogP contribution in [0.3, 0.4) is 0 Å². The smallest absolute Gasteiger partial charge is 0.191 e. The first kappa shape index (κ1) is 23.0. The third-order valence-corrected chi connectivity index (χ3v) is 6.70. The molecule has 0 saturated carbocycles. The average molecular weight is 486 g/mol. The number of unbranched alkanes of at least 4 members (excludes halogenated alkanes) is 1. The Morgan fingerprint density at radius 3 is 2.44 bits per heavy atom. The Kier molecular flexibility index (Phi) is 10.0. The molecule has 2 N–H and O–H groups in total. The van der Waals surface area contributed by atoms with Crippen molar-refractivity contribution in [1.82, 2.24) is 15.5 Å². The summed E-state index contributed by atoms with van der Waals surface area (Å²) in [4.78, 5) is 6.79. The molecule has 148 valence electrons. The minimum atomic E-state index is -2.85. The molecule has 6 nitrogen and oxygen atoms in total. The summed E-state index contributed by atoms with van der Waals surface area (Å²) in [7, 11) is -1.12. The van der Waals surface area contributed by atoms with Gasteiger partial charge in [-0.05, 0) is 44.1 Å². The van der Waals surface area contributed by atoms with E-state index >= 15 is 0 Å². The van der Waals surface area contributed by atoms with Crippen molar-refractivity contribution in [3.05, 3.63) is 0 Å². The van der Waals surface area contributed by atoms with E-state index in [1.165, 1.54) is 32.5 Å². The molecular formula is C17H35IN4O2S. The summed E-state index contributed by atoms with van der Waals surface area (Å²) >= 11 is 0. The second kappa shape index (κ2) is 10.9. The molecule has 3 unspecified atom stereocenters. The van der Waals surface area contributed by atoms with E-state index in [1.807, 2.05) is 0 Å². The van der Waals surface area contributed by atoms with E-state index in [-0.39, 0.29) is 41.5 Å². The van der Waals surface area contributed by atoms with Gasteiger partial charge in [0, 0.05) is 32.7 Å². The van der Waals surface area contributed by atoms with Gasteiger partial charge in [-0.25, -0.2) is 8.42 Å². The third kappa shape index (κ3) is 8.43. The number of aliphatic imine (C=N–C) groups is 1. The van der Waals surface area contributed by atoms with Crippen molar-refractivity contribution in [2.24, 2.45) is 16.8 Å². The topological polar surface area (TPSA) is 73.8 Å². The molecule has 0 aromatic heterocycles. The van der Waals surface area contributed by atoms with Crippen molar-refractivity contribution < 1.29 is 8.42 Å². The number of hydrogen-bond acceptors (Lipinski definition) is 4. The number of sulfone groups is 1. The van der Waals surface area contributed by atoms with Gasteiger partial charge in [-0.3, -0.25) is 4.99 Å². The molecule has 0 radical (unpaired) electrons. The molecule has 2 saturated heterocycles. The lowest BCUT2D eigenvalue weighted by Gasteiger charge is -2.34. The van der Waals surface area contributed by atoms with E-state index in [4.69, 9.17) is 0 Å². The number of halogens is 1. The van der Waals surface area contributed by atoms with Crippen LogP contribution >= 0.6 is 24.0 Å². The summed E-state index contributed by atoms with van der Waals surface area (Å²) in [6, 6.07) is -0.00229. The summed E-state index contributed by atoms with van der Waals surface area (Å²) in [5, 5.41) is 6.53. The lowest BCUT2D eigenvalue weighted by Crippen LogP contribution is -2.44. The molecule has 2 aliphatic heterocycles. The van der Waals surface area contributed by atoms with Crippen molar-refractivity contribution in [3.63, 3.8) is 0 Å². The first-order valence-corrected chi connectivity index (χ1v) is 11.1. The van der Waals surface area contributed by atoms with Crippen LogP contribution in [-0.2, 0) is 9.84 Å². The van der Waals surface area contributed by atoms with Crippen LogP contribution in [0.1, 0.15) is 39.5 Å². The fourth-order valence-electron chi connectivity index (χ4n) is 3.94. The largest absolute Gasteiger partial charge is 0.356 e. The predicted molar refractivity (Wildman–Crippen MR) is 116 cm³/mol. The van der Waals surface area contributed by atoms with Crippen LogP contribution < -0.4 is 10.6 Å². The highest BCUT2D eigenvalue weighted by Gasteiger charge is 2.28. The van der Waals surface area contributed by atoms with Crippen molar-refractivity contribution in [1.29, 1.82) is 0 Å². The van der Waals surface area contributed by atoms with Crippen LogP contribution in [0.4, 0.5) is 0 Å². The molecule has 2 aliphatic rings. The summed E-state index contributed by atoms with van der Waals surface area (Å²) in [6.45, 7) is 9.21. The second-order valence-electron chi connectivity index (χ2n) is 7.66. The number of rotatable bonds is 6. The van der Waals surface area contributed by atoms with E-state index in [0.717, 1.165) is 30.8 Å². The zero-order valence-electron chi connectivity index (χ0n) is 15.8. The number of nitrogens with one attached hydrogen (secondary N) is 2. The van der Waals surface area contributed by atoms with Crippen molar-refractivity contribution >= 4 is 39.8 Å². The van der Waals surface area contributed by atoms with Crippen LogP contribution in [0, 0.1) is 11.8 Å². The highest BCUT2D eigenvalue weighted by molar-refractivity contribution is 14.0. The molecular weight excluding hydrogens is 451 g/mol. The molecule has 0 amide bonds. The van der Waals surface area contributed by atoms with Gasteiger partial charge in [0.05, 0.1) is 11.5 Å². The van der Waals surface area contributed by atoms with Gasteiger partial charge >= 0.3 is 0 Å². The fraction of sp³-hybridized carbons (Fsp3) is 0.941. The van der Waals surface area contributed by atoms with E-state index in [2.05, 4.69) is 34.4 Å². The Morgan fingerprint density at radius 1 is 1.20 bits per heavy atom. The minimum Gasteiger partial charge on any atom is -0.356 e. The SMILES string of the molecule is CN=C(NCCCCN1CC(C)CC(C)C1)NC1CCS(=O)(=O)C1.I. The molecule has 0 aliphatic carbocycles. The van der Waals surface area contributed by atoms with Gasteiger partial charge in [-0.1, -0.05) is 13.8 Å². The molecule has 2 fully saturated rings. The zero-order valence-corrected chi connectivity index (χ0v) is 19.0. The average Bonchev–Trinajstić information content (AvgIpc) is 2.83. The third-order valence-electron chi connectivity index (χ3n) is 4.93. The van der Waals surface area contributed by atoms with Crippen LogP contribution in [0.15, 0.2) is 4.99 Å². The normalized spacial score (nSPS) is 29.9. The Labute approximate surface area is 170 Å². The lowest BCUT2D eigenvalue weighted by atomic mass is 9.92.